The summed E-state index contributed by atoms with van der Waals surface area (Å²) >= 11 is 0. The zero-order chi connectivity index (χ0) is 12.7. The predicted molar refractivity (Wildman–Crippen MR) is 77.6 cm³/mol. The SMILES string of the molecule is C1=Cc2ncccc2N2CN(c3ccccc3)C=C12. The van der Waals surface area contributed by atoms with E-state index in [0.717, 1.165) is 12.4 Å². The maximum absolute atomic E-state index is 4.40. The molecule has 0 spiro atoms. The van der Waals surface area contributed by atoms with Crippen LogP contribution in [0.15, 0.2) is 66.6 Å². The Kier molecular flexibility index (Phi) is 2.18. The molecule has 0 N–H and O–H groups in total. The van der Waals surface area contributed by atoms with Crippen molar-refractivity contribution < 1.29 is 0 Å². The molecular weight excluding hydrogens is 234 g/mol. The van der Waals surface area contributed by atoms with Gasteiger partial charge in [0, 0.05) is 18.1 Å². The number of nitrogens with zero attached hydrogens (tertiary/aromatic N) is 3. The van der Waals surface area contributed by atoms with Gasteiger partial charge in [0.05, 0.1) is 23.7 Å². The molecule has 0 radical (unpaired) electrons. The van der Waals surface area contributed by atoms with Crippen molar-refractivity contribution in [2.24, 2.45) is 0 Å². The first-order valence-corrected chi connectivity index (χ1v) is 6.36. The highest BCUT2D eigenvalue weighted by molar-refractivity contribution is 5.77. The molecule has 0 unspecified atom stereocenters. The maximum atomic E-state index is 4.40. The van der Waals surface area contributed by atoms with Gasteiger partial charge in [-0.05, 0) is 36.4 Å². The molecule has 2 aliphatic heterocycles. The van der Waals surface area contributed by atoms with E-state index in [0.29, 0.717) is 0 Å². The lowest BCUT2D eigenvalue weighted by Crippen LogP contribution is -2.27. The molecule has 4 rings (SSSR count). The van der Waals surface area contributed by atoms with Gasteiger partial charge in [0.15, 0.2) is 0 Å². The second-order valence-electron chi connectivity index (χ2n) is 4.67. The molecule has 3 nitrogen and oxygen atoms in total. The second-order valence-corrected chi connectivity index (χ2v) is 4.67. The summed E-state index contributed by atoms with van der Waals surface area (Å²) in [7, 11) is 0. The fourth-order valence-corrected chi connectivity index (χ4v) is 2.56. The number of pyridine rings is 1. The Balaban J connectivity index is 1.73. The van der Waals surface area contributed by atoms with Crippen LogP contribution in [0.2, 0.25) is 0 Å². The van der Waals surface area contributed by atoms with E-state index in [1.54, 1.807) is 0 Å². The molecule has 0 atom stereocenters. The molecule has 0 saturated heterocycles. The van der Waals surface area contributed by atoms with Crippen LogP contribution in [0.3, 0.4) is 0 Å². The summed E-state index contributed by atoms with van der Waals surface area (Å²) in [6.07, 6.45) is 8.22. The number of hydrogen-bond acceptors (Lipinski definition) is 3. The van der Waals surface area contributed by atoms with Crippen LogP contribution in [0.5, 0.6) is 0 Å². The maximum Gasteiger partial charge on any atom is 0.0996 e. The highest BCUT2D eigenvalue weighted by Gasteiger charge is 2.25. The molecule has 92 valence electrons. The average molecular weight is 247 g/mol. The minimum Gasteiger partial charge on any atom is -0.327 e. The van der Waals surface area contributed by atoms with Gasteiger partial charge < -0.3 is 9.80 Å². The van der Waals surface area contributed by atoms with Crippen molar-refractivity contribution in [1.29, 1.82) is 0 Å². The Bertz CT molecular complexity index is 673. The molecule has 3 heterocycles. The van der Waals surface area contributed by atoms with Crippen molar-refractivity contribution in [3.63, 3.8) is 0 Å². The van der Waals surface area contributed by atoms with Crippen LogP contribution in [0.4, 0.5) is 11.4 Å². The smallest absolute Gasteiger partial charge is 0.0996 e. The predicted octanol–water partition coefficient (Wildman–Crippen LogP) is 3.23. The van der Waals surface area contributed by atoms with Crippen LogP contribution in [-0.4, -0.2) is 11.7 Å². The van der Waals surface area contributed by atoms with Gasteiger partial charge in [0.2, 0.25) is 0 Å². The Labute approximate surface area is 112 Å². The number of allylic oxidation sites excluding steroid dienone is 1. The average Bonchev–Trinajstić information content (AvgIpc) is 2.93. The fourth-order valence-electron chi connectivity index (χ4n) is 2.56. The van der Waals surface area contributed by atoms with E-state index in [4.69, 9.17) is 0 Å². The molecule has 2 aliphatic rings. The third-order valence-corrected chi connectivity index (χ3v) is 3.50. The summed E-state index contributed by atoms with van der Waals surface area (Å²) in [6.45, 7) is 0.836. The lowest BCUT2D eigenvalue weighted by molar-refractivity contribution is 0.950. The van der Waals surface area contributed by atoms with Crippen LogP contribution in [0.1, 0.15) is 5.69 Å². The van der Waals surface area contributed by atoms with Gasteiger partial charge in [-0.2, -0.15) is 0 Å². The van der Waals surface area contributed by atoms with Gasteiger partial charge in [-0.25, -0.2) is 0 Å². The van der Waals surface area contributed by atoms with E-state index >= 15 is 0 Å². The van der Waals surface area contributed by atoms with E-state index in [1.165, 1.54) is 17.1 Å². The number of para-hydroxylation sites is 1. The first-order chi connectivity index (χ1) is 9.42. The summed E-state index contributed by atoms with van der Waals surface area (Å²) < 4.78 is 0. The Morgan fingerprint density at radius 3 is 2.74 bits per heavy atom. The first-order valence-electron chi connectivity index (χ1n) is 6.36. The monoisotopic (exact) mass is 247 g/mol. The van der Waals surface area contributed by atoms with Crippen LogP contribution in [0, 0.1) is 0 Å². The van der Waals surface area contributed by atoms with E-state index in [2.05, 4.69) is 63.5 Å². The lowest BCUT2D eigenvalue weighted by atomic mass is 10.2. The number of fused-ring (bicyclic) bond motifs is 3. The standard InChI is InChI=1S/C16H13N3/c1-2-5-13(6-3-1)18-11-14-8-9-15-16(19(14)12-18)7-4-10-17-15/h1-11H,12H2. The van der Waals surface area contributed by atoms with Crippen LogP contribution in [0.25, 0.3) is 6.08 Å². The topological polar surface area (TPSA) is 19.4 Å². The summed E-state index contributed by atoms with van der Waals surface area (Å²) in [5, 5.41) is 0. The van der Waals surface area contributed by atoms with E-state index in [9.17, 15) is 0 Å². The van der Waals surface area contributed by atoms with E-state index in [1.807, 2.05) is 18.3 Å². The second kappa shape index (κ2) is 3.99. The van der Waals surface area contributed by atoms with Gasteiger partial charge in [-0.3, -0.25) is 4.98 Å². The van der Waals surface area contributed by atoms with Gasteiger partial charge in [0.1, 0.15) is 0 Å². The molecule has 0 aliphatic carbocycles. The van der Waals surface area contributed by atoms with Crippen molar-refractivity contribution in [2.75, 3.05) is 16.5 Å². The molecule has 2 aromatic rings. The van der Waals surface area contributed by atoms with Crippen LogP contribution >= 0.6 is 0 Å². The zero-order valence-electron chi connectivity index (χ0n) is 10.4. The zero-order valence-corrected chi connectivity index (χ0v) is 10.4. The fraction of sp³-hybridized carbons (Fsp3) is 0.0625. The largest absolute Gasteiger partial charge is 0.327 e. The molecule has 0 fully saturated rings. The molecule has 1 aromatic heterocycles. The minimum atomic E-state index is 0.836. The third kappa shape index (κ3) is 1.63. The quantitative estimate of drug-likeness (QED) is 0.771. The number of hydrogen-bond donors (Lipinski definition) is 0. The van der Waals surface area contributed by atoms with Crippen molar-refractivity contribution >= 4 is 17.5 Å². The lowest BCUT2D eigenvalue weighted by Gasteiger charge is -2.26. The van der Waals surface area contributed by atoms with Crippen molar-refractivity contribution in [3.8, 4) is 0 Å². The Morgan fingerprint density at radius 2 is 1.84 bits per heavy atom. The molecule has 1 aromatic carbocycles. The van der Waals surface area contributed by atoms with Gasteiger partial charge in [0.25, 0.3) is 0 Å². The Morgan fingerprint density at radius 1 is 0.947 bits per heavy atom. The van der Waals surface area contributed by atoms with Crippen molar-refractivity contribution in [1.82, 2.24) is 4.98 Å². The number of anilines is 2. The Hall–Kier alpha value is -2.55. The van der Waals surface area contributed by atoms with Gasteiger partial charge in [-0.15, -0.1) is 0 Å². The minimum absolute atomic E-state index is 0.836. The highest BCUT2D eigenvalue weighted by Crippen LogP contribution is 2.34. The summed E-state index contributed by atoms with van der Waals surface area (Å²) in [5.74, 6) is 0. The summed E-state index contributed by atoms with van der Waals surface area (Å²) in [6, 6.07) is 14.5. The number of rotatable bonds is 1. The van der Waals surface area contributed by atoms with Gasteiger partial charge in [-0.1, -0.05) is 18.2 Å². The van der Waals surface area contributed by atoms with Crippen molar-refractivity contribution in [3.05, 3.63) is 72.3 Å². The van der Waals surface area contributed by atoms with Crippen molar-refractivity contribution in [2.45, 2.75) is 0 Å². The third-order valence-electron chi connectivity index (χ3n) is 3.50. The molecule has 0 bridgehead atoms. The molecule has 19 heavy (non-hydrogen) atoms. The summed E-state index contributed by atoms with van der Waals surface area (Å²) in [4.78, 5) is 8.94. The molecule has 3 heteroatoms. The first kappa shape index (κ1) is 10.4. The number of benzene rings is 1. The van der Waals surface area contributed by atoms with E-state index < -0.39 is 0 Å². The molecule has 0 saturated carbocycles. The van der Waals surface area contributed by atoms with Crippen LogP contribution < -0.4 is 9.80 Å². The van der Waals surface area contributed by atoms with Gasteiger partial charge >= 0.3 is 0 Å². The normalized spacial score (nSPS) is 16.1. The van der Waals surface area contributed by atoms with Crippen LogP contribution in [-0.2, 0) is 0 Å². The van der Waals surface area contributed by atoms with E-state index in [-0.39, 0.29) is 0 Å². The molecular formula is C16H13N3. The summed E-state index contributed by atoms with van der Waals surface area (Å²) in [5.41, 5.74) is 4.64. The molecule has 0 amide bonds. The number of aromatic nitrogens is 1. The highest BCUT2D eigenvalue weighted by atomic mass is 15.4.